The average molecular weight is 343 g/mol. The summed E-state index contributed by atoms with van der Waals surface area (Å²) in [6, 6.07) is 13.6. The number of furan rings is 1. The third kappa shape index (κ3) is 5.08. The monoisotopic (exact) mass is 343 g/mol. The molecule has 1 saturated heterocycles. The Hall–Kier alpha value is -2.31. The number of benzene rings is 1. The molecule has 1 aromatic carbocycles. The van der Waals surface area contributed by atoms with Gasteiger partial charge in [0.15, 0.2) is 0 Å². The van der Waals surface area contributed by atoms with Crippen LogP contribution in [0.25, 0.3) is 0 Å². The van der Waals surface area contributed by atoms with E-state index in [0.29, 0.717) is 26.3 Å². The van der Waals surface area contributed by atoms with Crippen LogP contribution in [0.5, 0.6) is 0 Å². The van der Waals surface area contributed by atoms with Gasteiger partial charge in [-0.2, -0.15) is 0 Å². The van der Waals surface area contributed by atoms with Crippen molar-refractivity contribution in [2.75, 3.05) is 32.8 Å². The van der Waals surface area contributed by atoms with Gasteiger partial charge in [-0.15, -0.1) is 0 Å². The molecule has 3 rings (SSSR count). The van der Waals surface area contributed by atoms with Crippen LogP contribution in [0, 0.1) is 6.92 Å². The normalized spacial score (nSPS) is 16.4. The maximum atomic E-state index is 12.1. The maximum absolute atomic E-state index is 12.1. The van der Waals surface area contributed by atoms with E-state index in [1.165, 1.54) is 0 Å². The fourth-order valence-corrected chi connectivity index (χ4v) is 2.96. The summed E-state index contributed by atoms with van der Waals surface area (Å²) >= 11 is 0. The van der Waals surface area contributed by atoms with Crippen LogP contribution in [-0.4, -0.2) is 43.8 Å². The second kappa shape index (κ2) is 8.69. The minimum Gasteiger partial charge on any atom is -0.465 e. The number of amides is 2. The predicted octanol–water partition coefficient (Wildman–Crippen LogP) is 2.46. The van der Waals surface area contributed by atoms with E-state index in [0.717, 1.165) is 30.2 Å². The third-order valence-electron chi connectivity index (χ3n) is 4.33. The van der Waals surface area contributed by atoms with Crippen LogP contribution in [0.4, 0.5) is 4.79 Å². The molecule has 2 N–H and O–H groups in total. The van der Waals surface area contributed by atoms with Crippen molar-refractivity contribution in [1.82, 2.24) is 15.5 Å². The number of urea groups is 1. The molecule has 1 aliphatic heterocycles. The highest BCUT2D eigenvalue weighted by atomic mass is 16.5. The van der Waals surface area contributed by atoms with Crippen molar-refractivity contribution in [3.05, 3.63) is 59.5 Å². The van der Waals surface area contributed by atoms with E-state index in [1.54, 1.807) is 0 Å². The molecule has 0 aliphatic carbocycles. The van der Waals surface area contributed by atoms with Crippen LogP contribution in [0.15, 0.2) is 46.9 Å². The van der Waals surface area contributed by atoms with E-state index in [9.17, 15) is 4.79 Å². The topological polar surface area (TPSA) is 66.7 Å². The predicted molar refractivity (Wildman–Crippen MR) is 95.3 cm³/mol. The number of carbonyl (C=O) groups excluding carboxylic acids is 1. The van der Waals surface area contributed by atoms with Crippen LogP contribution in [0.1, 0.15) is 23.1 Å². The third-order valence-corrected chi connectivity index (χ3v) is 4.33. The van der Waals surface area contributed by atoms with E-state index >= 15 is 0 Å². The first kappa shape index (κ1) is 17.5. The number of hydrogen-bond donors (Lipinski definition) is 2. The summed E-state index contributed by atoms with van der Waals surface area (Å²) in [6.45, 7) is 6.00. The van der Waals surface area contributed by atoms with Crippen LogP contribution >= 0.6 is 0 Å². The van der Waals surface area contributed by atoms with E-state index in [1.807, 2.05) is 49.4 Å². The number of ether oxygens (including phenoxy) is 1. The lowest BCUT2D eigenvalue weighted by molar-refractivity contribution is 0.0121. The first-order chi connectivity index (χ1) is 12.2. The Kier molecular flexibility index (Phi) is 6.09. The van der Waals surface area contributed by atoms with Gasteiger partial charge in [-0.3, -0.25) is 4.90 Å². The van der Waals surface area contributed by atoms with E-state index < -0.39 is 0 Å². The molecule has 1 atom stereocenters. The molecule has 0 bridgehead atoms. The van der Waals surface area contributed by atoms with Gasteiger partial charge in [-0.25, -0.2) is 4.79 Å². The molecule has 134 valence electrons. The van der Waals surface area contributed by atoms with Crippen molar-refractivity contribution >= 4 is 6.03 Å². The van der Waals surface area contributed by atoms with Gasteiger partial charge in [-0.05, 0) is 24.6 Å². The standard InChI is InChI=1S/C19H25N3O3/c1-15-7-8-18(25-15)17(22-9-11-24-12-10-22)14-21-19(23)20-13-16-5-3-2-4-6-16/h2-8,17H,9-14H2,1H3,(H2,20,21,23). The van der Waals surface area contributed by atoms with Gasteiger partial charge in [0.25, 0.3) is 0 Å². The highest BCUT2D eigenvalue weighted by molar-refractivity contribution is 5.73. The van der Waals surface area contributed by atoms with Crippen molar-refractivity contribution in [2.24, 2.45) is 0 Å². The zero-order chi connectivity index (χ0) is 17.5. The van der Waals surface area contributed by atoms with Gasteiger partial charge < -0.3 is 19.8 Å². The lowest BCUT2D eigenvalue weighted by Gasteiger charge is -2.33. The van der Waals surface area contributed by atoms with Crippen molar-refractivity contribution in [2.45, 2.75) is 19.5 Å². The Labute approximate surface area is 148 Å². The maximum Gasteiger partial charge on any atom is 0.315 e. The van der Waals surface area contributed by atoms with Gasteiger partial charge in [0, 0.05) is 26.2 Å². The summed E-state index contributed by atoms with van der Waals surface area (Å²) in [5, 5.41) is 5.86. The Balaban J connectivity index is 1.55. The lowest BCUT2D eigenvalue weighted by Crippen LogP contribution is -2.45. The van der Waals surface area contributed by atoms with E-state index in [-0.39, 0.29) is 12.1 Å². The van der Waals surface area contributed by atoms with Crippen LogP contribution in [0.2, 0.25) is 0 Å². The van der Waals surface area contributed by atoms with Gasteiger partial charge in [0.05, 0.1) is 19.3 Å². The molecule has 2 amide bonds. The highest BCUT2D eigenvalue weighted by Crippen LogP contribution is 2.23. The molecule has 1 aliphatic rings. The molecule has 1 fully saturated rings. The van der Waals surface area contributed by atoms with Gasteiger partial charge in [0.1, 0.15) is 11.5 Å². The second-order valence-electron chi connectivity index (χ2n) is 6.16. The van der Waals surface area contributed by atoms with Gasteiger partial charge >= 0.3 is 6.03 Å². The summed E-state index contributed by atoms with van der Waals surface area (Å²) in [7, 11) is 0. The molecular weight excluding hydrogens is 318 g/mol. The highest BCUT2D eigenvalue weighted by Gasteiger charge is 2.25. The SMILES string of the molecule is Cc1ccc(C(CNC(=O)NCc2ccccc2)N2CCOCC2)o1. The summed E-state index contributed by atoms with van der Waals surface area (Å²) in [5.74, 6) is 1.75. The summed E-state index contributed by atoms with van der Waals surface area (Å²) < 4.78 is 11.2. The van der Waals surface area contributed by atoms with Crippen LogP contribution < -0.4 is 10.6 Å². The Morgan fingerprint density at radius 2 is 1.88 bits per heavy atom. The molecular formula is C19H25N3O3. The molecule has 25 heavy (non-hydrogen) atoms. The molecule has 1 unspecified atom stereocenters. The Bertz CT molecular complexity index is 666. The number of nitrogens with one attached hydrogen (secondary N) is 2. The quantitative estimate of drug-likeness (QED) is 0.845. The largest absolute Gasteiger partial charge is 0.465 e. The number of rotatable bonds is 6. The minimum atomic E-state index is -0.176. The number of hydrogen-bond acceptors (Lipinski definition) is 4. The fourth-order valence-electron chi connectivity index (χ4n) is 2.96. The minimum absolute atomic E-state index is 0.0140. The molecule has 0 radical (unpaired) electrons. The zero-order valence-corrected chi connectivity index (χ0v) is 14.5. The molecule has 2 heterocycles. The molecule has 0 spiro atoms. The zero-order valence-electron chi connectivity index (χ0n) is 14.5. The van der Waals surface area contributed by atoms with Crippen molar-refractivity contribution in [3.63, 3.8) is 0 Å². The molecule has 2 aromatic rings. The van der Waals surface area contributed by atoms with Crippen LogP contribution in [-0.2, 0) is 11.3 Å². The van der Waals surface area contributed by atoms with Gasteiger partial charge in [-0.1, -0.05) is 30.3 Å². The first-order valence-corrected chi connectivity index (χ1v) is 8.66. The lowest BCUT2D eigenvalue weighted by atomic mass is 10.1. The van der Waals surface area contributed by atoms with E-state index in [2.05, 4.69) is 15.5 Å². The Morgan fingerprint density at radius 1 is 1.12 bits per heavy atom. The molecule has 6 nitrogen and oxygen atoms in total. The fraction of sp³-hybridized carbons (Fsp3) is 0.421. The Morgan fingerprint density at radius 3 is 2.56 bits per heavy atom. The molecule has 1 aromatic heterocycles. The number of morpholine rings is 1. The van der Waals surface area contributed by atoms with E-state index in [4.69, 9.17) is 9.15 Å². The second-order valence-corrected chi connectivity index (χ2v) is 6.16. The van der Waals surface area contributed by atoms with Gasteiger partial charge in [0.2, 0.25) is 0 Å². The van der Waals surface area contributed by atoms with Crippen molar-refractivity contribution < 1.29 is 13.9 Å². The molecule has 0 saturated carbocycles. The summed E-state index contributed by atoms with van der Waals surface area (Å²) in [6.07, 6.45) is 0. The van der Waals surface area contributed by atoms with Crippen LogP contribution in [0.3, 0.4) is 0 Å². The average Bonchev–Trinajstić information content (AvgIpc) is 3.08. The smallest absolute Gasteiger partial charge is 0.315 e. The first-order valence-electron chi connectivity index (χ1n) is 8.66. The number of aryl methyl sites for hydroxylation is 1. The molecule has 6 heteroatoms. The summed E-state index contributed by atoms with van der Waals surface area (Å²) in [5.41, 5.74) is 1.07. The number of carbonyl (C=O) groups is 1. The van der Waals surface area contributed by atoms with Crippen molar-refractivity contribution in [1.29, 1.82) is 0 Å². The van der Waals surface area contributed by atoms with Crippen molar-refractivity contribution in [3.8, 4) is 0 Å². The number of nitrogens with zero attached hydrogens (tertiary/aromatic N) is 1. The summed E-state index contributed by atoms with van der Waals surface area (Å²) in [4.78, 5) is 14.4.